The van der Waals surface area contributed by atoms with Crippen LogP contribution in [0.15, 0.2) is 12.4 Å². The Hall–Kier alpha value is -0.880. The monoisotopic (exact) mass is 231 g/mol. The van der Waals surface area contributed by atoms with Crippen LogP contribution in [-0.2, 0) is 16.6 Å². The van der Waals surface area contributed by atoms with E-state index in [-0.39, 0.29) is 11.8 Å². The van der Waals surface area contributed by atoms with Crippen molar-refractivity contribution in [3.63, 3.8) is 0 Å². The molecule has 0 unspecified atom stereocenters. The quantitative estimate of drug-likeness (QED) is 0.821. The lowest BCUT2D eigenvalue weighted by molar-refractivity contribution is 0.342. The van der Waals surface area contributed by atoms with Gasteiger partial charge in [-0.15, -0.1) is 0 Å². The number of H-pyrrole nitrogens is 1. The number of rotatable bonds is 5. The lowest BCUT2D eigenvalue weighted by atomic mass is 10.4. The molecule has 1 aromatic heterocycles. The maximum Gasteiger partial charge on any atom is 0.214 e. The Balaban J connectivity index is 2.85. The molecule has 0 aliphatic carbocycles. The van der Waals surface area contributed by atoms with Crippen molar-refractivity contribution in [1.29, 1.82) is 0 Å². The largest absolute Gasteiger partial charge is 0.347 e. The van der Waals surface area contributed by atoms with Crippen molar-refractivity contribution < 1.29 is 8.42 Å². The summed E-state index contributed by atoms with van der Waals surface area (Å²) >= 11 is 0. The first-order valence-corrected chi connectivity index (χ1v) is 6.56. The number of imidazole rings is 1. The number of hydrogen-bond acceptors (Lipinski definition) is 3. The van der Waals surface area contributed by atoms with Gasteiger partial charge in [0.15, 0.2) is 0 Å². The highest BCUT2D eigenvalue weighted by molar-refractivity contribution is 7.89. The van der Waals surface area contributed by atoms with Crippen LogP contribution in [0, 0.1) is 0 Å². The molecule has 0 atom stereocenters. The summed E-state index contributed by atoms with van der Waals surface area (Å²) in [4.78, 5) is 6.93. The fraction of sp³-hybridized carbons (Fsp3) is 0.667. The van der Waals surface area contributed by atoms with Gasteiger partial charge in [0.25, 0.3) is 0 Å². The highest BCUT2D eigenvalue weighted by Crippen LogP contribution is 2.11. The first kappa shape index (κ1) is 12.2. The number of nitrogens with one attached hydrogen (secondary N) is 1. The Kier molecular flexibility index (Phi) is 3.87. The molecule has 1 heterocycles. The number of sulfonamides is 1. The zero-order chi connectivity index (χ0) is 11.5. The maximum absolute atomic E-state index is 11.8. The van der Waals surface area contributed by atoms with Gasteiger partial charge in [0.2, 0.25) is 10.0 Å². The maximum atomic E-state index is 11.8. The van der Waals surface area contributed by atoms with Crippen LogP contribution in [0.1, 0.15) is 26.6 Å². The van der Waals surface area contributed by atoms with Gasteiger partial charge in [-0.05, 0) is 20.8 Å². The lowest BCUT2D eigenvalue weighted by Crippen LogP contribution is -2.37. The fourth-order valence-electron chi connectivity index (χ4n) is 1.30. The van der Waals surface area contributed by atoms with Crippen LogP contribution in [0.4, 0.5) is 0 Å². The molecular formula is C9H17N3O2S. The molecule has 0 amide bonds. The van der Waals surface area contributed by atoms with Crippen molar-refractivity contribution in [3.8, 4) is 0 Å². The molecule has 0 saturated heterocycles. The molecule has 1 N–H and O–H groups in total. The van der Waals surface area contributed by atoms with Gasteiger partial charge in [-0.1, -0.05) is 0 Å². The second kappa shape index (κ2) is 4.76. The molecule has 0 saturated carbocycles. The van der Waals surface area contributed by atoms with Crippen molar-refractivity contribution in [2.45, 2.75) is 33.4 Å². The first-order chi connectivity index (χ1) is 6.97. The van der Waals surface area contributed by atoms with Gasteiger partial charge in [0, 0.05) is 18.4 Å². The molecule has 0 aromatic carbocycles. The standard InChI is InChI=1S/C9H17N3O2S/c1-4-15(13,14)12(8(2)3)7-9-10-5-6-11-9/h5-6,8H,4,7H2,1-3H3,(H,10,11). The average Bonchev–Trinajstić information content (AvgIpc) is 2.65. The van der Waals surface area contributed by atoms with Gasteiger partial charge in [0.1, 0.15) is 5.82 Å². The topological polar surface area (TPSA) is 66.1 Å². The number of aromatic nitrogens is 2. The Morgan fingerprint density at radius 3 is 2.60 bits per heavy atom. The van der Waals surface area contributed by atoms with Crippen molar-refractivity contribution in [2.75, 3.05) is 5.75 Å². The SMILES string of the molecule is CCS(=O)(=O)N(Cc1ncc[nH]1)C(C)C. The summed E-state index contributed by atoms with van der Waals surface area (Å²) in [6, 6.07) is -0.0555. The molecule has 15 heavy (non-hydrogen) atoms. The van der Waals surface area contributed by atoms with Crippen LogP contribution < -0.4 is 0 Å². The number of hydrogen-bond donors (Lipinski definition) is 1. The van der Waals surface area contributed by atoms with Gasteiger partial charge in [0.05, 0.1) is 12.3 Å². The van der Waals surface area contributed by atoms with E-state index in [1.165, 1.54) is 4.31 Å². The van der Waals surface area contributed by atoms with Crippen LogP contribution >= 0.6 is 0 Å². The summed E-state index contributed by atoms with van der Waals surface area (Å²) in [6.07, 6.45) is 3.30. The summed E-state index contributed by atoms with van der Waals surface area (Å²) in [5.74, 6) is 0.784. The second-order valence-corrected chi connectivity index (χ2v) is 5.79. The molecule has 5 nitrogen and oxygen atoms in total. The van der Waals surface area contributed by atoms with E-state index in [1.54, 1.807) is 19.3 Å². The van der Waals surface area contributed by atoms with Crippen molar-refractivity contribution in [2.24, 2.45) is 0 Å². The molecule has 0 radical (unpaired) electrons. The van der Waals surface area contributed by atoms with Gasteiger partial charge < -0.3 is 4.98 Å². The van der Waals surface area contributed by atoms with E-state index in [9.17, 15) is 8.42 Å². The molecule has 0 fully saturated rings. The Morgan fingerprint density at radius 2 is 2.20 bits per heavy atom. The van der Waals surface area contributed by atoms with Crippen molar-refractivity contribution in [1.82, 2.24) is 14.3 Å². The van der Waals surface area contributed by atoms with Gasteiger partial charge in [-0.2, -0.15) is 4.31 Å². The Morgan fingerprint density at radius 1 is 1.53 bits per heavy atom. The fourth-order valence-corrected chi connectivity index (χ4v) is 2.59. The minimum Gasteiger partial charge on any atom is -0.347 e. The average molecular weight is 231 g/mol. The van der Waals surface area contributed by atoms with Crippen LogP contribution in [0.5, 0.6) is 0 Å². The van der Waals surface area contributed by atoms with E-state index in [1.807, 2.05) is 13.8 Å². The summed E-state index contributed by atoms with van der Waals surface area (Å²) in [7, 11) is -3.16. The minimum absolute atomic E-state index is 0.0555. The molecule has 1 aromatic rings. The molecule has 0 aliphatic heterocycles. The van der Waals surface area contributed by atoms with E-state index >= 15 is 0 Å². The third kappa shape index (κ3) is 3.04. The molecular weight excluding hydrogens is 214 g/mol. The van der Waals surface area contributed by atoms with Crippen LogP contribution in [-0.4, -0.2) is 34.5 Å². The predicted octanol–water partition coefficient (Wildman–Crippen LogP) is 0.970. The third-order valence-corrected chi connectivity index (χ3v) is 4.15. The van der Waals surface area contributed by atoms with E-state index in [0.29, 0.717) is 12.4 Å². The smallest absolute Gasteiger partial charge is 0.214 e. The van der Waals surface area contributed by atoms with E-state index in [2.05, 4.69) is 9.97 Å². The normalized spacial score (nSPS) is 12.6. The van der Waals surface area contributed by atoms with Gasteiger partial charge in [-0.25, -0.2) is 13.4 Å². The zero-order valence-electron chi connectivity index (χ0n) is 9.27. The third-order valence-electron chi connectivity index (χ3n) is 2.16. The van der Waals surface area contributed by atoms with Crippen LogP contribution in [0.25, 0.3) is 0 Å². The molecule has 86 valence electrons. The molecule has 0 aliphatic rings. The van der Waals surface area contributed by atoms with Crippen LogP contribution in [0.3, 0.4) is 0 Å². The van der Waals surface area contributed by atoms with E-state index < -0.39 is 10.0 Å². The van der Waals surface area contributed by atoms with E-state index in [0.717, 1.165) is 0 Å². The summed E-state index contributed by atoms with van der Waals surface area (Å²) in [5.41, 5.74) is 0. The van der Waals surface area contributed by atoms with E-state index in [4.69, 9.17) is 0 Å². The van der Waals surface area contributed by atoms with Gasteiger partial charge in [-0.3, -0.25) is 0 Å². The second-order valence-electron chi connectivity index (χ2n) is 3.58. The number of nitrogens with zero attached hydrogens (tertiary/aromatic N) is 2. The summed E-state index contributed by atoms with van der Waals surface area (Å²) in [5, 5.41) is 0. The summed E-state index contributed by atoms with van der Waals surface area (Å²) < 4.78 is 25.0. The van der Waals surface area contributed by atoms with Crippen molar-refractivity contribution in [3.05, 3.63) is 18.2 Å². The van der Waals surface area contributed by atoms with Crippen molar-refractivity contribution >= 4 is 10.0 Å². The first-order valence-electron chi connectivity index (χ1n) is 4.95. The highest BCUT2D eigenvalue weighted by atomic mass is 32.2. The molecule has 0 bridgehead atoms. The predicted molar refractivity (Wildman–Crippen MR) is 58.7 cm³/mol. The molecule has 0 spiro atoms. The van der Waals surface area contributed by atoms with Crippen LogP contribution in [0.2, 0.25) is 0 Å². The molecule has 1 rings (SSSR count). The minimum atomic E-state index is -3.16. The number of aromatic amines is 1. The Bertz CT molecular complexity index is 383. The lowest BCUT2D eigenvalue weighted by Gasteiger charge is -2.24. The van der Waals surface area contributed by atoms with Gasteiger partial charge >= 0.3 is 0 Å². The Labute approximate surface area is 90.6 Å². The zero-order valence-corrected chi connectivity index (χ0v) is 10.1. The highest BCUT2D eigenvalue weighted by Gasteiger charge is 2.23. The molecule has 6 heteroatoms. The summed E-state index contributed by atoms with van der Waals surface area (Å²) in [6.45, 7) is 5.67.